The Morgan fingerprint density at radius 3 is 1.18 bits per heavy atom. The maximum absolute atomic E-state index is 9.75. The Morgan fingerprint density at radius 2 is 0.929 bits per heavy atom. The van der Waals surface area contributed by atoms with Crippen LogP contribution in [0, 0.1) is 0 Å². The summed E-state index contributed by atoms with van der Waals surface area (Å²) in [5.41, 5.74) is 0. The van der Waals surface area contributed by atoms with Crippen molar-refractivity contribution in [2.45, 2.75) is 6.92 Å². The molecule has 0 saturated heterocycles. The number of hydrogen-bond donors (Lipinski definition) is 0. The summed E-state index contributed by atoms with van der Waals surface area (Å²) in [6, 6.07) is 33.0. The first-order valence-corrected chi connectivity index (χ1v) is 10.9. The summed E-state index contributed by atoms with van der Waals surface area (Å²) < 4.78 is 39.0. The molecule has 3 aromatic carbocycles. The molecular weight excluding hydrogens is 382 g/mol. The molecular formula is C22H22BF4P. The molecule has 0 saturated carbocycles. The van der Waals surface area contributed by atoms with E-state index in [2.05, 4.69) is 110 Å². The maximum Gasteiger partial charge on any atom is 0.673 e. The van der Waals surface area contributed by atoms with E-state index in [1.807, 2.05) is 0 Å². The Hall–Kier alpha value is -2.39. The Balaban J connectivity index is 0.000000500. The van der Waals surface area contributed by atoms with Crippen molar-refractivity contribution < 1.29 is 17.3 Å². The number of halogens is 4. The smallest absolute Gasteiger partial charge is 0.418 e. The van der Waals surface area contributed by atoms with Crippen LogP contribution in [0.3, 0.4) is 0 Å². The third-order valence-electron chi connectivity index (χ3n) is 4.21. The molecule has 0 spiro atoms. The Morgan fingerprint density at radius 1 is 0.643 bits per heavy atom. The minimum atomic E-state index is -6.00. The predicted octanol–water partition coefficient (Wildman–Crippen LogP) is 5.86. The van der Waals surface area contributed by atoms with Gasteiger partial charge in [-0.2, -0.15) is 0 Å². The van der Waals surface area contributed by atoms with Gasteiger partial charge in [0.1, 0.15) is 23.2 Å². The van der Waals surface area contributed by atoms with E-state index in [4.69, 9.17) is 0 Å². The van der Waals surface area contributed by atoms with Crippen LogP contribution in [-0.2, 0) is 0 Å². The third kappa shape index (κ3) is 6.07. The highest BCUT2D eigenvalue weighted by molar-refractivity contribution is 7.95. The number of hydrogen-bond acceptors (Lipinski definition) is 0. The molecule has 6 heteroatoms. The van der Waals surface area contributed by atoms with Crippen LogP contribution < -0.4 is 15.9 Å². The molecule has 0 aliphatic rings. The molecule has 0 aliphatic carbocycles. The van der Waals surface area contributed by atoms with Gasteiger partial charge in [-0.25, -0.2) is 0 Å². The standard InChI is InChI=1S/C22H22P.BF4/c1-2-3-19-23(20-13-7-4-8-14-20,21-15-9-5-10-16-21)22-17-11-6-12-18-22;2-1(3,4)5/h2-18H,19H2,1H3;/q+1;-1/b3-2+;. The first-order valence-electron chi connectivity index (χ1n) is 8.91. The SMILES string of the molecule is C/C=C/C[P+](c1ccccc1)(c1ccccc1)c1ccccc1.F[B-](F)(F)F. The Bertz CT molecular complexity index is 747. The van der Waals surface area contributed by atoms with Crippen molar-refractivity contribution >= 4 is 30.4 Å². The van der Waals surface area contributed by atoms with Gasteiger partial charge in [0.15, 0.2) is 0 Å². The van der Waals surface area contributed by atoms with Crippen molar-refractivity contribution in [1.82, 2.24) is 0 Å². The molecule has 28 heavy (non-hydrogen) atoms. The lowest BCUT2D eigenvalue weighted by Gasteiger charge is -2.26. The average molecular weight is 404 g/mol. The van der Waals surface area contributed by atoms with Crippen molar-refractivity contribution in [1.29, 1.82) is 0 Å². The second-order valence-electron chi connectivity index (χ2n) is 6.06. The predicted molar refractivity (Wildman–Crippen MR) is 115 cm³/mol. The Labute approximate surface area is 164 Å². The van der Waals surface area contributed by atoms with E-state index in [1.165, 1.54) is 15.9 Å². The monoisotopic (exact) mass is 404 g/mol. The molecule has 0 atom stereocenters. The lowest BCUT2D eigenvalue weighted by molar-refractivity contribution is 0.368. The quantitative estimate of drug-likeness (QED) is 0.216. The van der Waals surface area contributed by atoms with Crippen molar-refractivity contribution in [3.8, 4) is 0 Å². The van der Waals surface area contributed by atoms with Crippen LogP contribution in [0.4, 0.5) is 17.3 Å². The van der Waals surface area contributed by atoms with E-state index in [0.717, 1.165) is 6.16 Å². The zero-order chi connectivity index (χ0) is 20.5. The van der Waals surface area contributed by atoms with Gasteiger partial charge in [-0.3, -0.25) is 0 Å². The first kappa shape index (κ1) is 21.9. The van der Waals surface area contributed by atoms with Crippen LogP contribution in [0.5, 0.6) is 0 Å². The molecule has 0 heterocycles. The van der Waals surface area contributed by atoms with Gasteiger partial charge >= 0.3 is 7.25 Å². The Kier molecular flexibility index (Phi) is 8.01. The number of benzene rings is 3. The van der Waals surface area contributed by atoms with Crippen LogP contribution >= 0.6 is 7.26 Å². The van der Waals surface area contributed by atoms with Gasteiger partial charge in [0.05, 0.1) is 6.16 Å². The van der Waals surface area contributed by atoms with Crippen LogP contribution in [0.15, 0.2) is 103 Å². The average Bonchev–Trinajstić information content (AvgIpc) is 2.70. The van der Waals surface area contributed by atoms with Crippen LogP contribution in [-0.4, -0.2) is 13.4 Å². The molecule has 0 bridgehead atoms. The van der Waals surface area contributed by atoms with Crippen molar-refractivity contribution in [2.24, 2.45) is 0 Å². The summed E-state index contributed by atoms with van der Waals surface area (Å²) in [7, 11) is -7.66. The van der Waals surface area contributed by atoms with Gasteiger partial charge in [-0.05, 0) is 43.3 Å². The number of allylic oxidation sites excluding steroid dienone is 2. The maximum atomic E-state index is 9.75. The summed E-state index contributed by atoms with van der Waals surface area (Å²) in [4.78, 5) is 0. The summed E-state index contributed by atoms with van der Waals surface area (Å²) in [6.07, 6.45) is 5.55. The molecule has 3 aromatic rings. The van der Waals surface area contributed by atoms with E-state index in [9.17, 15) is 17.3 Å². The minimum Gasteiger partial charge on any atom is -0.418 e. The van der Waals surface area contributed by atoms with Gasteiger partial charge in [0, 0.05) is 0 Å². The summed E-state index contributed by atoms with van der Waals surface area (Å²) >= 11 is 0. The van der Waals surface area contributed by atoms with Gasteiger partial charge in [-0.15, -0.1) is 0 Å². The van der Waals surface area contributed by atoms with Crippen LogP contribution in [0.2, 0.25) is 0 Å². The highest BCUT2D eigenvalue weighted by atomic mass is 31.2. The summed E-state index contributed by atoms with van der Waals surface area (Å²) in [6.45, 7) is 2.11. The minimum absolute atomic E-state index is 1.06. The molecule has 0 aromatic heterocycles. The lowest BCUT2D eigenvalue weighted by Crippen LogP contribution is -2.32. The molecule has 0 nitrogen and oxygen atoms in total. The van der Waals surface area contributed by atoms with E-state index >= 15 is 0 Å². The van der Waals surface area contributed by atoms with E-state index in [-0.39, 0.29) is 0 Å². The van der Waals surface area contributed by atoms with Crippen molar-refractivity contribution in [3.63, 3.8) is 0 Å². The van der Waals surface area contributed by atoms with E-state index in [0.29, 0.717) is 0 Å². The van der Waals surface area contributed by atoms with Crippen molar-refractivity contribution in [3.05, 3.63) is 103 Å². The lowest BCUT2D eigenvalue weighted by atomic mass is 10.3. The fourth-order valence-corrected chi connectivity index (χ4v) is 7.17. The molecule has 0 radical (unpaired) electrons. The van der Waals surface area contributed by atoms with Crippen LogP contribution in [0.25, 0.3) is 0 Å². The fourth-order valence-electron chi connectivity index (χ4n) is 3.07. The highest BCUT2D eigenvalue weighted by Gasteiger charge is 2.43. The number of rotatable bonds is 5. The second kappa shape index (κ2) is 10.2. The molecule has 0 aliphatic heterocycles. The first-order chi connectivity index (χ1) is 13.4. The second-order valence-corrected chi connectivity index (χ2v) is 9.60. The summed E-state index contributed by atoms with van der Waals surface area (Å²) in [5, 5.41) is 4.32. The van der Waals surface area contributed by atoms with Crippen molar-refractivity contribution in [2.75, 3.05) is 6.16 Å². The molecule has 0 fully saturated rings. The van der Waals surface area contributed by atoms with Gasteiger partial charge in [0.25, 0.3) is 0 Å². The van der Waals surface area contributed by atoms with Gasteiger partial charge < -0.3 is 17.3 Å². The van der Waals surface area contributed by atoms with E-state index in [1.54, 1.807) is 0 Å². The normalized spacial score (nSPS) is 11.8. The van der Waals surface area contributed by atoms with Gasteiger partial charge in [0.2, 0.25) is 0 Å². The third-order valence-corrected chi connectivity index (χ3v) is 8.50. The molecule has 146 valence electrons. The highest BCUT2D eigenvalue weighted by Crippen LogP contribution is 2.55. The zero-order valence-electron chi connectivity index (χ0n) is 15.6. The van der Waals surface area contributed by atoms with Gasteiger partial charge in [-0.1, -0.05) is 66.7 Å². The molecule has 0 amide bonds. The topological polar surface area (TPSA) is 0 Å². The fraction of sp³-hybridized carbons (Fsp3) is 0.0909. The zero-order valence-corrected chi connectivity index (χ0v) is 16.5. The summed E-state index contributed by atoms with van der Waals surface area (Å²) in [5.74, 6) is 0. The molecule has 3 rings (SSSR count). The largest absolute Gasteiger partial charge is 0.673 e. The molecule has 0 unspecified atom stereocenters. The van der Waals surface area contributed by atoms with Crippen LogP contribution in [0.1, 0.15) is 6.92 Å². The molecule has 0 N–H and O–H groups in total. The van der Waals surface area contributed by atoms with E-state index < -0.39 is 14.5 Å².